The molecule has 3 rings (SSSR count). The number of aliphatic hydroxyl groups excluding tert-OH is 4. The molecular formula is C21H23BrF3N3O7. The van der Waals surface area contributed by atoms with Gasteiger partial charge in [0.15, 0.2) is 29.6 Å². The number of benzene rings is 2. The van der Waals surface area contributed by atoms with E-state index < -0.39 is 49.3 Å². The van der Waals surface area contributed by atoms with E-state index in [0.29, 0.717) is 11.5 Å². The third-order valence-corrected chi connectivity index (χ3v) is 5.53. The maximum atomic E-state index is 14.3. The second-order valence-electron chi connectivity index (χ2n) is 7.13. The van der Waals surface area contributed by atoms with Gasteiger partial charge in [-0.1, -0.05) is 0 Å². The van der Waals surface area contributed by atoms with Gasteiger partial charge in [-0.15, -0.1) is 0 Å². The highest BCUT2D eigenvalue weighted by molar-refractivity contribution is 9.10. The minimum atomic E-state index is -2.15. The number of hydrogen-bond donors (Lipinski definition) is 5. The summed E-state index contributed by atoms with van der Waals surface area (Å²) in [5, 5.41) is 41.5. The van der Waals surface area contributed by atoms with Crippen LogP contribution >= 0.6 is 15.9 Å². The summed E-state index contributed by atoms with van der Waals surface area (Å²) in [5.41, 5.74) is 0.209. The average Bonchev–Trinajstić information content (AvgIpc) is 2.82. The van der Waals surface area contributed by atoms with Crippen LogP contribution in [0.15, 0.2) is 35.1 Å². The summed E-state index contributed by atoms with van der Waals surface area (Å²) < 4.78 is 52.2. The van der Waals surface area contributed by atoms with Crippen LogP contribution in [0.3, 0.4) is 0 Å². The topological polar surface area (TPSA) is 169 Å². The monoisotopic (exact) mass is 565 g/mol. The Labute approximate surface area is 205 Å². The molecule has 4 atom stereocenters. The SMILES string of the molecule is COc1cc2c(Nc3c(F)cc(F)cc3Br)ncnc2cc1O[C@H](CO)[C@H](O)[C@@H](O)[C@H](F)CO.O. The van der Waals surface area contributed by atoms with E-state index in [1.54, 1.807) is 0 Å². The summed E-state index contributed by atoms with van der Waals surface area (Å²) in [7, 11) is 1.31. The van der Waals surface area contributed by atoms with Crippen LogP contribution in [0.1, 0.15) is 0 Å². The molecule has 0 bridgehead atoms. The lowest BCUT2D eigenvalue weighted by molar-refractivity contribution is -0.0981. The molecule has 1 heterocycles. The third kappa shape index (κ3) is 6.28. The highest BCUT2D eigenvalue weighted by Gasteiger charge is 2.34. The number of fused-ring (bicyclic) bond motifs is 1. The summed E-state index contributed by atoms with van der Waals surface area (Å²) in [6.45, 7) is -1.83. The first-order valence-electron chi connectivity index (χ1n) is 9.83. The zero-order chi connectivity index (χ0) is 25.0. The summed E-state index contributed by atoms with van der Waals surface area (Å²) in [6, 6.07) is 4.59. The lowest BCUT2D eigenvalue weighted by Gasteiger charge is -2.28. The first-order valence-corrected chi connectivity index (χ1v) is 10.6. The number of methoxy groups -OCH3 is 1. The lowest BCUT2D eigenvalue weighted by Crippen LogP contribution is -2.48. The smallest absolute Gasteiger partial charge is 0.164 e. The van der Waals surface area contributed by atoms with Gasteiger partial charge in [0, 0.05) is 22.0 Å². The summed E-state index contributed by atoms with van der Waals surface area (Å²) in [5.74, 6) is -1.41. The Bertz CT molecular complexity index is 1140. The fraction of sp³-hybridized carbons (Fsp3) is 0.333. The van der Waals surface area contributed by atoms with Gasteiger partial charge in [0.1, 0.15) is 30.2 Å². The van der Waals surface area contributed by atoms with Crippen molar-refractivity contribution < 1.29 is 48.5 Å². The highest BCUT2D eigenvalue weighted by atomic mass is 79.9. The van der Waals surface area contributed by atoms with Gasteiger partial charge >= 0.3 is 0 Å². The highest BCUT2D eigenvalue weighted by Crippen LogP contribution is 2.37. The molecule has 0 unspecified atom stereocenters. The minimum Gasteiger partial charge on any atom is -0.493 e. The number of nitrogens with one attached hydrogen (secondary N) is 1. The molecule has 0 fully saturated rings. The van der Waals surface area contributed by atoms with Crippen LogP contribution in [0.2, 0.25) is 0 Å². The van der Waals surface area contributed by atoms with E-state index in [0.717, 1.165) is 6.07 Å². The molecule has 0 aliphatic rings. The molecule has 3 aromatic rings. The molecular weight excluding hydrogens is 543 g/mol. The second kappa shape index (κ2) is 12.3. The van der Waals surface area contributed by atoms with Crippen molar-refractivity contribution in [3.8, 4) is 11.5 Å². The van der Waals surface area contributed by atoms with Crippen molar-refractivity contribution in [1.29, 1.82) is 0 Å². The molecule has 0 aliphatic heterocycles. The number of aliphatic hydroxyl groups is 4. The molecule has 0 aliphatic carbocycles. The first-order chi connectivity index (χ1) is 16.2. The zero-order valence-corrected chi connectivity index (χ0v) is 19.7. The Morgan fingerprint density at radius 2 is 1.74 bits per heavy atom. The van der Waals surface area contributed by atoms with Gasteiger partial charge in [-0.2, -0.15) is 0 Å². The number of ether oxygens (including phenoxy) is 2. The number of aromatic nitrogens is 2. The van der Waals surface area contributed by atoms with Gasteiger partial charge in [-0.25, -0.2) is 23.1 Å². The van der Waals surface area contributed by atoms with Crippen molar-refractivity contribution in [3.63, 3.8) is 0 Å². The predicted molar refractivity (Wildman–Crippen MR) is 123 cm³/mol. The number of halogens is 4. The van der Waals surface area contributed by atoms with Crippen LogP contribution < -0.4 is 14.8 Å². The molecule has 0 spiro atoms. The van der Waals surface area contributed by atoms with Crippen LogP contribution in [0.4, 0.5) is 24.7 Å². The van der Waals surface area contributed by atoms with Crippen molar-refractivity contribution in [1.82, 2.24) is 9.97 Å². The minimum absolute atomic E-state index is 0. The Hall–Kier alpha value is -2.75. The molecule has 2 aromatic carbocycles. The van der Waals surface area contributed by atoms with Crippen LogP contribution in [0, 0.1) is 11.6 Å². The van der Waals surface area contributed by atoms with Crippen LogP contribution in [-0.2, 0) is 0 Å². The largest absolute Gasteiger partial charge is 0.493 e. The van der Waals surface area contributed by atoms with Gasteiger partial charge < -0.3 is 40.7 Å². The van der Waals surface area contributed by atoms with Crippen molar-refractivity contribution in [2.24, 2.45) is 0 Å². The average molecular weight is 566 g/mol. The molecule has 1 aromatic heterocycles. The van der Waals surface area contributed by atoms with Gasteiger partial charge in [-0.05, 0) is 28.1 Å². The standard InChI is InChI=1S/C21H21BrF3N3O6.H2O/c1-33-15-4-10-14(5-16(15)34-17(7-30)20(32)19(31)13(25)6-29)26-8-27-21(10)28-18-11(22)2-9(23)3-12(18)24;/h2-5,8,13,17,19-20,29-32H,6-7H2,1H3,(H,26,27,28);1H2/t13-,17-,19+,20+;/m1./s1. The molecule has 0 amide bonds. The predicted octanol–water partition coefficient (Wildman–Crippen LogP) is 1.39. The molecule has 35 heavy (non-hydrogen) atoms. The maximum Gasteiger partial charge on any atom is 0.164 e. The second-order valence-corrected chi connectivity index (χ2v) is 7.98. The molecule has 14 heteroatoms. The van der Waals surface area contributed by atoms with Gasteiger partial charge in [0.2, 0.25) is 0 Å². The molecule has 0 saturated heterocycles. The zero-order valence-electron chi connectivity index (χ0n) is 18.1. The van der Waals surface area contributed by atoms with Crippen molar-refractivity contribution in [3.05, 3.63) is 46.7 Å². The first kappa shape index (κ1) is 28.5. The Kier molecular flexibility index (Phi) is 10.00. The fourth-order valence-electron chi connectivity index (χ4n) is 3.12. The van der Waals surface area contributed by atoms with E-state index in [2.05, 4.69) is 31.2 Å². The molecule has 7 N–H and O–H groups in total. The molecule has 0 radical (unpaired) electrons. The number of anilines is 2. The number of nitrogens with zero attached hydrogens (tertiary/aromatic N) is 2. The van der Waals surface area contributed by atoms with E-state index in [-0.39, 0.29) is 38.5 Å². The molecule has 10 nitrogen and oxygen atoms in total. The summed E-state index contributed by atoms with van der Waals surface area (Å²) in [6.07, 6.45) is -6.36. The Balaban J connectivity index is 0.00000432. The normalized spacial score (nSPS) is 14.5. The summed E-state index contributed by atoms with van der Waals surface area (Å²) in [4.78, 5) is 8.20. The van der Waals surface area contributed by atoms with Crippen molar-refractivity contribution in [2.75, 3.05) is 25.6 Å². The molecule has 192 valence electrons. The number of rotatable bonds is 10. The Morgan fingerprint density at radius 3 is 2.34 bits per heavy atom. The summed E-state index contributed by atoms with van der Waals surface area (Å²) >= 11 is 3.09. The number of alkyl halides is 1. The fourth-order valence-corrected chi connectivity index (χ4v) is 3.62. The van der Waals surface area contributed by atoms with E-state index in [4.69, 9.17) is 14.6 Å². The Morgan fingerprint density at radius 1 is 1.03 bits per heavy atom. The van der Waals surface area contributed by atoms with E-state index >= 15 is 0 Å². The van der Waals surface area contributed by atoms with Crippen LogP contribution in [0.25, 0.3) is 10.9 Å². The van der Waals surface area contributed by atoms with Gasteiger partial charge in [-0.3, -0.25) is 0 Å². The van der Waals surface area contributed by atoms with E-state index in [1.807, 2.05) is 0 Å². The quantitative estimate of drug-likeness (QED) is 0.244. The van der Waals surface area contributed by atoms with Gasteiger partial charge in [0.25, 0.3) is 0 Å². The van der Waals surface area contributed by atoms with E-state index in [9.17, 15) is 28.5 Å². The third-order valence-electron chi connectivity index (χ3n) is 4.91. The maximum absolute atomic E-state index is 14.3. The van der Waals surface area contributed by atoms with Crippen LogP contribution in [-0.4, -0.2) is 80.7 Å². The van der Waals surface area contributed by atoms with E-state index in [1.165, 1.54) is 25.6 Å². The van der Waals surface area contributed by atoms with Crippen LogP contribution in [0.5, 0.6) is 11.5 Å². The van der Waals surface area contributed by atoms with Crippen molar-refractivity contribution in [2.45, 2.75) is 24.5 Å². The van der Waals surface area contributed by atoms with Crippen molar-refractivity contribution >= 4 is 38.3 Å². The molecule has 0 saturated carbocycles. The lowest BCUT2D eigenvalue weighted by atomic mass is 10.0. The van der Waals surface area contributed by atoms with Gasteiger partial charge in [0.05, 0.1) is 31.5 Å². The number of hydrogen-bond acceptors (Lipinski definition) is 9.